The van der Waals surface area contributed by atoms with Crippen LogP contribution in [0.25, 0.3) is 0 Å². The second kappa shape index (κ2) is 5.98. The molecule has 0 aliphatic heterocycles. The minimum Gasteiger partial charge on any atom is -0.410 e. The van der Waals surface area contributed by atoms with Gasteiger partial charge in [0.1, 0.15) is 11.6 Å². The molecule has 15 heavy (non-hydrogen) atoms. The minimum atomic E-state index is -0.587. The maximum absolute atomic E-state index is 12.7. The van der Waals surface area contributed by atoms with Gasteiger partial charge in [0.2, 0.25) is 0 Å². The summed E-state index contributed by atoms with van der Waals surface area (Å²) in [5.74, 6) is -0.243. The molecule has 1 rings (SSSR count). The van der Waals surface area contributed by atoms with E-state index in [1.54, 1.807) is 7.05 Å². The van der Waals surface area contributed by atoms with Crippen molar-refractivity contribution in [1.29, 1.82) is 0 Å². The number of halogens is 1. The topological polar surface area (TPSA) is 50.4 Å². The Morgan fingerprint density at radius 3 is 2.93 bits per heavy atom. The van der Waals surface area contributed by atoms with Gasteiger partial charge >= 0.3 is 6.09 Å². The summed E-state index contributed by atoms with van der Waals surface area (Å²) in [6, 6.07) is 5.43. The molecule has 0 aliphatic carbocycles. The van der Waals surface area contributed by atoms with Crippen LogP contribution in [0.1, 0.15) is 0 Å². The number of amides is 1. The molecule has 1 aromatic carbocycles. The number of carbonyl (C=O) groups is 1. The maximum atomic E-state index is 12.7. The van der Waals surface area contributed by atoms with Crippen LogP contribution in [0.3, 0.4) is 0 Å². The Morgan fingerprint density at radius 1 is 1.47 bits per heavy atom. The van der Waals surface area contributed by atoms with E-state index in [9.17, 15) is 9.18 Å². The summed E-state index contributed by atoms with van der Waals surface area (Å²) >= 11 is 0. The number of nitrogens with one attached hydrogen (secondary N) is 2. The lowest BCUT2D eigenvalue weighted by molar-refractivity contribution is 0.200. The highest BCUT2D eigenvalue weighted by Crippen LogP contribution is 2.11. The van der Waals surface area contributed by atoms with Crippen molar-refractivity contribution >= 4 is 6.09 Å². The molecule has 0 radical (unpaired) electrons. The summed E-state index contributed by atoms with van der Waals surface area (Å²) in [5.41, 5.74) is 0. The Bertz CT molecular complexity index is 331. The van der Waals surface area contributed by atoms with Gasteiger partial charge in [-0.05, 0) is 19.2 Å². The predicted octanol–water partition coefficient (Wildman–Crippen LogP) is 1.13. The number of likely N-dealkylation sites (N-methyl/N-ethyl adjacent to an activating group) is 1. The van der Waals surface area contributed by atoms with Gasteiger partial charge in [0.05, 0.1) is 0 Å². The van der Waals surface area contributed by atoms with Gasteiger partial charge in [0.15, 0.2) is 0 Å². The molecular formula is C10H13FN2O2. The molecule has 0 aromatic heterocycles. The van der Waals surface area contributed by atoms with Gasteiger partial charge in [-0.2, -0.15) is 0 Å². The van der Waals surface area contributed by atoms with Crippen molar-refractivity contribution < 1.29 is 13.9 Å². The summed E-state index contributed by atoms with van der Waals surface area (Å²) in [7, 11) is 1.78. The van der Waals surface area contributed by atoms with E-state index in [2.05, 4.69) is 10.6 Å². The van der Waals surface area contributed by atoms with E-state index >= 15 is 0 Å². The Balaban J connectivity index is 2.37. The highest BCUT2D eigenvalue weighted by atomic mass is 19.1. The van der Waals surface area contributed by atoms with Gasteiger partial charge in [-0.1, -0.05) is 6.07 Å². The summed E-state index contributed by atoms with van der Waals surface area (Å²) in [4.78, 5) is 11.1. The molecule has 1 amide bonds. The molecule has 1 aromatic rings. The second-order valence-electron chi connectivity index (χ2n) is 2.88. The van der Waals surface area contributed by atoms with Crippen molar-refractivity contribution in [3.05, 3.63) is 30.1 Å². The van der Waals surface area contributed by atoms with Gasteiger partial charge in [-0.15, -0.1) is 0 Å². The lowest BCUT2D eigenvalue weighted by atomic mass is 10.3. The van der Waals surface area contributed by atoms with Crippen molar-refractivity contribution in [3.8, 4) is 5.75 Å². The van der Waals surface area contributed by atoms with Crippen molar-refractivity contribution in [2.75, 3.05) is 20.1 Å². The third kappa shape index (κ3) is 4.42. The average Bonchev–Trinajstić information content (AvgIpc) is 2.18. The third-order valence-electron chi connectivity index (χ3n) is 1.65. The zero-order valence-electron chi connectivity index (χ0n) is 8.42. The third-order valence-corrected chi connectivity index (χ3v) is 1.65. The van der Waals surface area contributed by atoms with Crippen LogP contribution >= 0.6 is 0 Å². The molecule has 0 heterocycles. The normalized spacial score (nSPS) is 9.73. The molecule has 0 bridgehead atoms. The van der Waals surface area contributed by atoms with Crippen molar-refractivity contribution in [2.45, 2.75) is 0 Å². The first-order valence-electron chi connectivity index (χ1n) is 4.58. The number of hydrogen-bond acceptors (Lipinski definition) is 3. The largest absolute Gasteiger partial charge is 0.412 e. The monoisotopic (exact) mass is 212 g/mol. The van der Waals surface area contributed by atoms with Gasteiger partial charge in [0.25, 0.3) is 0 Å². The van der Waals surface area contributed by atoms with Crippen molar-refractivity contribution in [3.63, 3.8) is 0 Å². The minimum absolute atomic E-state index is 0.192. The summed E-state index contributed by atoms with van der Waals surface area (Å²) in [6.07, 6.45) is -0.587. The fourth-order valence-electron chi connectivity index (χ4n) is 0.963. The molecule has 5 heteroatoms. The number of benzene rings is 1. The van der Waals surface area contributed by atoms with Gasteiger partial charge in [-0.25, -0.2) is 9.18 Å². The number of rotatable bonds is 4. The van der Waals surface area contributed by atoms with E-state index in [0.717, 1.165) is 6.07 Å². The van der Waals surface area contributed by atoms with Crippen LogP contribution in [-0.4, -0.2) is 26.2 Å². The molecular weight excluding hydrogens is 199 g/mol. The van der Waals surface area contributed by atoms with Crippen LogP contribution in [-0.2, 0) is 0 Å². The second-order valence-corrected chi connectivity index (χ2v) is 2.88. The molecule has 4 nitrogen and oxygen atoms in total. The number of carbonyl (C=O) groups excluding carboxylic acids is 1. The van der Waals surface area contributed by atoms with Crippen molar-refractivity contribution in [2.24, 2.45) is 0 Å². The Labute approximate surface area is 87.4 Å². The summed E-state index contributed by atoms with van der Waals surface area (Å²) in [5, 5.41) is 5.37. The van der Waals surface area contributed by atoms with Crippen LogP contribution in [0.5, 0.6) is 5.75 Å². The van der Waals surface area contributed by atoms with E-state index in [4.69, 9.17) is 4.74 Å². The molecule has 0 saturated heterocycles. The lowest BCUT2D eigenvalue weighted by Gasteiger charge is -2.05. The number of ether oxygens (including phenoxy) is 1. The van der Waals surface area contributed by atoms with E-state index in [1.807, 2.05) is 0 Å². The summed E-state index contributed by atoms with van der Waals surface area (Å²) < 4.78 is 17.5. The first-order valence-corrected chi connectivity index (χ1v) is 4.58. The van der Waals surface area contributed by atoms with E-state index in [0.29, 0.717) is 13.1 Å². The summed E-state index contributed by atoms with van der Waals surface area (Å²) in [6.45, 7) is 1.11. The quantitative estimate of drug-likeness (QED) is 0.736. The standard InChI is InChI=1S/C10H13FN2O2/c1-12-5-6-13-10(14)15-9-4-2-3-8(11)7-9/h2-4,7,12H,5-6H2,1H3,(H,13,14). The van der Waals surface area contributed by atoms with Crippen LogP contribution in [0.4, 0.5) is 9.18 Å². The van der Waals surface area contributed by atoms with Gasteiger partial charge < -0.3 is 15.4 Å². The molecule has 0 unspecified atom stereocenters. The Morgan fingerprint density at radius 2 is 2.27 bits per heavy atom. The van der Waals surface area contributed by atoms with E-state index < -0.39 is 11.9 Å². The highest BCUT2D eigenvalue weighted by Gasteiger charge is 2.03. The zero-order valence-corrected chi connectivity index (χ0v) is 8.42. The fourth-order valence-corrected chi connectivity index (χ4v) is 0.963. The van der Waals surface area contributed by atoms with Crippen LogP contribution in [0.15, 0.2) is 24.3 Å². The smallest absolute Gasteiger partial charge is 0.410 e. The predicted molar refractivity (Wildman–Crippen MR) is 54.4 cm³/mol. The van der Waals surface area contributed by atoms with Gasteiger partial charge in [0, 0.05) is 19.2 Å². The molecule has 0 spiro atoms. The highest BCUT2D eigenvalue weighted by molar-refractivity contribution is 5.70. The lowest BCUT2D eigenvalue weighted by Crippen LogP contribution is -2.32. The molecule has 0 fully saturated rings. The van der Waals surface area contributed by atoms with Crippen LogP contribution in [0.2, 0.25) is 0 Å². The maximum Gasteiger partial charge on any atom is 0.412 e. The number of hydrogen-bond donors (Lipinski definition) is 2. The SMILES string of the molecule is CNCCNC(=O)Oc1cccc(F)c1. The molecule has 0 saturated carbocycles. The average molecular weight is 212 g/mol. The van der Waals surface area contributed by atoms with Crippen LogP contribution < -0.4 is 15.4 Å². The first kappa shape index (κ1) is 11.5. The van der Waals surface area contributed by atoms with Crippen LogP contribution in [0, 0.1) is 5.82 Å². The Kier molecular flexibility index (Phi) is 4.56. The Hall–Kier alpha value is -1.62. The molecule has 0 atom stereocenters. The van der Waals surface area contributed by atoms with E-state index in [1.165, 1.54) is 18.2 Å². The first-order chi connectivity index (χ1) is 7.22. The fraction of sp³-hybridized carbons (Fsp3) is 0.300. The van der Waals surface area contributed by atoms with Crippen molar-refractivity contribution in [1.82, 2.24) is 10.6 Å². The molecule has 2 N–H and O–H groups in total. The van der Waals surface area contributed by atoms with Gasteiger partial charge in [-0.3, -0.25) is 0 Å². The van der Waals surface area contributed by atoms with E-state index in [-0.39, 0.29) is 5.75 Å². The molecule has 0 aliphatic rings. The zero-order chi connectivity index (χ0) is 11.1. The molecule has 82 valence electrons.